The molecule has 0 aliphatic rings. The topological polar surface area (TPSA) is 21.3 Å². The minimum absolute atomic E-state index is 0.412. The smallest absolute Gasteiger partial charge is 0.122 e. The average Bonchev–Trinajstić information content (AvgIpc) is 2.96. The molecular formula is C17H23NOS. The van der Waals surface area contributed by atoms with Gasteiger partial charge in [-0.15, -0.1) is 11.3 Å². The third-order valence-electron chi connectivity index (χ3n) is 3.50. The van der Waals surface area contributed by atoms with Crippen LogP contribution in [0.2, 0.25) is 0 Å². The van der Waals surface area contributed by atoms with Crippen molar-refractivity contribution >= 4 is 11.3 Å². The highest BCUT2D eigenvalue weighted by molar-refractivity contribution is 7.12. The minimum atomic E-state index is 0.412. The lowest BCUT2D eigenvalue weighted by Gasteiger charge is -2.13. The second-order valence-corrected chi connectivity index (χ2v) is 6.10. The largest absolute Gasteiger partial charge is 0.496 e. The fourth-order valence-electron chi connectivity index (χ4n) is 2.25. The number of aryl methyl sites for hydroxylation is 1. The Morgan fingerprint density at radius 1 is 1.20 bits per heavy atom. The fraction of sp³-hybridized carbons (Fsp3) is 0.412. The van der Waals surface area contributed by atoms with Crippen LogP contribution in [0.25, 0.3) is 0 Å². The summed E-state index contributed by atoms with van der Waals surface area (Å²) in [5.74, 6) is 0.978. The summed E-state index contributed by atoms with van der Waals surface area (Å²) in [7, 11) is 1.73. The van der Waals surface area contributed by atoms with Gasteiger partial charge in [-0.25, -0.2) is 0 Å². The first-order chi connectivity index (χ1) is 9.74. The summed E-state index contributed by atoms with van der Waals surface area (Å²) in [6.45, 7) is 5.39. The van der Waals surface area contributed by atoms with Gasteiger partial charge in [-0.05, 0) is 50.1 Å². The van der Waals surface area contributed by atoms with Crippen LogP contribution in [-0.2, 0) is 12.8 Å². The predicted molar refractivity (Wildman–Crippen MR) is 86.8 cm³/mol. The highest BCUT2D eigenvalue weighted by Crippen LogP contribution is 2.23. The van der Waals surface area contributed by atoms with Gasteiger partial charge in [0.1, 0.15) is 5.75 Å². The van der Waals surface area contributed by atoms with Crippen molar-refractivity contribution in [3.05, 3.63) is 51.7 Å². The monoisotopic (exact) mass is 289 g/mol. The molecule has 20 heavy (non-hydrogen) atoms. The zero-order valence-corrected chi connectivity index (χ0v) is 13.3. The predicted octanol–water partition coefficient (Wildman–Crippen LogP) is 4.21. The maximum Gasteiger partial charge on any atom is 0.122 e. The molecule has 1 heterocycles. The molecule has 0 aliphatic carbocycles. The molecule has 0 saturated carbocycles. The van der Waals surface area contributed by atoms with Gasteiger partial charge in [0.2, 0.25) is 0 Å². The molecule has 0 radical (unpaired) electrons. The molecule has 1 N–H and O–H groups in total. The van der Waals surface area contributed by atoms with Crippen molar-refractivity contribution < 1.29 is 4.74 Å². The minimum Gasteiger partial charge on any atom is -0.496 e. The van der Waals surface area contributed by atoms with Gasteiger partial charge >= 0.3 is 0 Å². The normalized spacial score (nSPS) is 12.3. The average molecular weight is 289 g/mol. The van der Waals surface area contributed by atoms with E-state index in [1.54, 1.807) is 7.11 Å². The van der Waals surface area contributed by atoms with Crippen molar-refractivity contribution in [2.75, 3.05) is 13.7 Å². The molecule has 1 unspecified atom stereocenters. The Morgan fingerprint density at radius 3 is 2.70 bits per heavy atom. The van der Waals surface area contributed by atoms with E-state index in [0.29, 0.717) is 6.04 Å². The van der Waals surface area contributed by atoms with E-state index in [0.717, 1.165) is 25.1 Å². The Bertz CT molecular complexity index is 535. The van der Waals surface area contributed by atoms with E-state index in [-0.39, 0.29) is 0 Å². The zero-order valence-electron chi connectivity index (χ0n) is 12.5. The third-order valence-corrected chi connectivity index (χ3v) is 4.91. The number of benzene rings is 1. The molecule has 2 rings (SSSR count). The molecule has 0 spiro atoms. The van der Waals surface area contributed by atoms with Crippen LogP contribution >= 0.6 is 11.3 Å². The number of nitrogens with one attached hydrogen (secondary N) is 1. The molecular weight excluding hydrogens is 266 g/mol. The lowest BCUT2D eigenvalue weighted by atomic mass is 10.1. The van der Waals surface area contributed by atoms with Gasteiger partial charge in [-0.2, -0.15) is 0 Å². The molecule has 0 amide bonds. The second-order valence-electron chi connectivity index (χ2n) is 4.90. The Labute approximate surface area is 125 Å². The quantitative estimate of drug-likeness (QED) is 0.824. The number of hydrogen-bond donors (Lipinski definition) is 1. The molecule has 1 aromatic heterocycles. The molecule has 3 heteroatoms. The van der Waals surface area contributed by atoms with Crippen molar-refractivity contribution in [3.8, 4) is 5.75 Å². The van der Waals surface area contributed by atoms with E-state index in [2.05, 4.69) is 43.4 Å². The summed E-state index contributed by atoms with van der Waals surface area (Å²) >= 11 is 1.91. The summed E-state index contributed by atoms with van der Waals surface area (Å²) in [6, 6.07) is 13.1. The van der Waals surface area contributed by atoms with Crippen LogP contribution in [0.4, 0.5) is 0 Å². The highest BCUT2D eigenvalue weighted by Gasteiger charge is 2.08. The van der Waals surface area contributed by atoms with E-state index in [4.69, 9.17) is 4.74 Å². The Kier molecular flexibility index (Phi) is 5.62. The molecule has 0 saturated heterocycles. The van der Waals surface area contributed by atoms with Crippen molar-refractivity contribution in [2.24, 2.45) is 0 Å². The number of hydrogen-bond acceptors (Lipinski definition) is 3. The fourth-order valence-corrected chi connectivity index (χ4v) is 3.23. The van der Waals surface area contributed by atoms with E-state index in [1.807, 2.05) is 23.5 Å². The molecule has 2 nitrogen and oxygen atoms in total. The van der Waals surface area contributed by atoms with Gasteiger partial charge in [-0.1, -0.05) is 25.1 Å². The lowest BCUT2D eigenvalue weighted by Crippen LogP contribution is -2.20. The molecule has 0 aliphatic heterocycles. The zero-order chi connectivity index (χ0) is 14.4. The van der Waals surface area contributed by atoms with Crippen molar-refractivity contribution in [1.82, 2.24) is 5.32 Å². The first-order valence-electron chi connectivity index (χ1n) is 7.18. The number of rotatable bonds is 7. The van der Waals surface area contributed by atoms with Gasteiger partial charge in [0.25, 0.3) is 0 Å². The van der Waals surface area contributed by atoms with Gasteiger partial charge in [-0.3, -0.25) is 0 Å². The van der Waals surface area contributed by atoms with Crippen LogP contribution in [0.15, 0.2) is 36.4 Å². The van der Waals surface area contributed by atoms with Crippen molar-refractivity contribution in [3.63, 3.8) is 0 Å². The number of methoxy groups -OCH3 is 1. The SMILES string of the molecule is CCc1ccc(C(C)NCCc2ccccc2OC)s1. The molecule has 0 fully saturated rings. The summed E-state index contributed by atoms with van der Waals surface area (Å²) in [4.78, 5) is 2.88. The second kappa shape index (κ2) is 7.46. The maximum absolute atomic E-state index is 5.38. The summed E-state index contributed by atoms with van der Waals surface area (Å²) in [6.07, 6.45) is 2.11. The highest BCUT2D eigenvalue weighted by atomic mass is 32.1. The summed E-state index contributed by atoms with van der Waals surface area (Å²) in [5.41, 5.74) is 1.26. The van der Waals surface area contributed by atoms with Crippen LogP contribution in [-0.4, -0.2) is 13.7 Å². The van der Waals surface area contributed by atoms with Gasteiger partial charge in [0, 0.05) is 15.8 Å². The van der Waals surface area contributed by atoms with Crippen LogP contribution in [0.5, 0.6) is 5.75 Å². The maximum atomic E-state index is 5.38. The molecule has 0 bridgehead atoms. The van der Waals surface area contributed by atoms with Crippen LogP contribution in [0.1, 0.15) is 35.2 Å². The number of para-hydroxylation sites is 1. The van der Waals surface area contributed by atoms with Crippen LogP contribution in [0.3, 0.4) is 0 Å². The lowest BCUT2D eigenvalue weighted by molar-refractivity contribution is 0.408. The molecule has 2 aromatic rings. The number of ether oxygens (including phenoxy) is 1. The molecule has 1 aromatic carbocycles. The van der Waals surface area contributed by atoms with Crippen molar-refractivity contribution in [2.45, 2.75) is 32.7 Å². The first-order valence-corrected chi connectivity index (χ1v) is 8.00. The van der Waals surface area contributed by atoms with Gasteiger partial charge < -0.3 is 10.1 Å². The van der Waals surface area contributed by atoms with E-state index < -0.39 is 0 Å². The van der Waals surface area contributed by atoms with Crippen LogP contribution < -0.4 is 10.1 Å². The Hall–Kier alpha value is -1.32. The van der Waals surface area contributed by atoms with Crippen molar-refractivity contribution in [1.29, 1.82) is 0 Å². The van der Waals surface area contributed by atoms with Gasteiger partial charge in [0.15, 0.2) is 0 Å². The van der Waals surface area contributed by atoms with Crippen LogP contribution in [0, 0.1) is 0 Å². The standard InChI is InChI=1S/C17H23NOS/c1-4-15-9-10-17(20-15)13(2)18-12-11-14-7-5-6-8-16(14)19-3/h5-10,13,18H,4,11-12H2,1-3H3. The van der Waals surface area contributed by atoms with E-state index in [1.165, 1.54) is 15.3 Å². The summed E-state index contributed by atoms with van der Waals surface area (Å²) < 4.78 is 5.38. The van der Waals surface area contributed by atoms with E-state index >= 15 is 0 Å². The first kappa shape index (κ1) is 15.1. The molecule has 108 valence electrons. The number of thiophene rings is 1. The summed E-state index contributed by atoms with van der Waals surface area (Å²) in [5, 5.41) is 3.59. The van der Waals surface area contributed by atoms with Gasteiger partial charge in [0.05, 0.1) is 7.11 Å². The van der Waals surface area contributed by atoms with E-state index in [9.17, 15) is 0 Å². The Morgan fingerprint density at radius 2 is 2.00 bits per heavy atom. The molecule has 1 atom stereocenters. The third kappa shape index (κ3) is 3.84. The Balaban J connectivity index is 1.86.